The van der Waals surface area contributed by atoms with E-state index in [0.717, 1.165) is 25.7 Å². The molecule has 1 aliphatic carbocycles. The number of carbonyl (C=O) groups excluding carboxylic acids is 1. The Labute approximate surface area is 80.3 Å². The van der Waals surface area contributed by atoms with Crippen LogP contribution in [0.2, 0.25) is 0 Å². The lowest BCUT2D eigenvalue weighted by molar-refractivity contribution is -0.122. The van der Waals surface area contributed by atoms with Crippen molar-refractivity contribution in [3.05, 3.63) is 0 Å². The standard InChI is InChI=1S/C11H20O2/c1-9-4-3-6-11(13,7-5-9)8-10(2)12/h9,13H,3-8H2,1-2H3. The molecule has 1 fully saturated rings. The van der Waals surface area contributed by atoms with E-state index in [9.17, 15) is 9.90 Å². The van der Waals surface area contributed by atoms with Crippen molar-refractivity contribution in [2.45, 2.75) is 58.0 Å². The van der Waals surface area contributed by atoms with Gasteiger partial charge < -0.3 is 5.11 Å². The van der Waals surface area contributed by atoms with Gasteiger partial charge in [-0.2, -0.15) is 0 Å². The Morgan fingerprint density at radius 3 is 2.77 bits per heavy atom. The third-order valence-electron chi connectivity index (χ3n) is 3.02. The molecule has 2 unspecified atom stereocenters. The Balaban J connectivity index is 2.52. The fourth-order valence-corrected chi connectivity index (χ4v) is 2.20. The Hall–Kier alpha value is -0.370. The molecule has 0 spiro atoms. The van der Waals surface area contributed by atoms with Crippen LogP contribution in [0.4, 0.5) is 0 Å². The molecule has 0 aliphatic heterocycles. The van der Waals surface area contributed by atoms with Crippen molar-refractivity contribution in [2.24, 2.45) is 5.92 Å². The van der Waals surface area contributed by atoms with Gasteiger partial charge in [0, 0.05) is 6.42 Å². The first kappa shape index (κ1) is 10.7. The van der Waals surface area contributed by atoms with Gasteiger partial charge in [-0.15, -0.1) is 0 Å². The lowest BCUT2D eigenvalue weighted by atomic mass is 9.89. The van der Waals surface area contributed by atoms with Crippen molar-refractivity contribution in [1.82, 2.24) is 0 Å². The van der Waals surface area contributed by atoms with Gasteiger partial charge in [-0.05, 0) is 32.1 Å². The summed E-state index contributed by atoms with van der Waals surface area (Å²) in [5.74, 6) is 0.818. The highest BCUT2D eigenvalue weighted by Crippen LogP contribution is 2.32. The Kier molecular flexibility index (Phi) is 3.48. The summed E-state index contributed by atoms with van der Waals surface area (Å²) in [7, 11) is 0. The van der Waals surface area contributed by atoms with Gasteiger partial charge in [0.15, 0.2) is 0 Å². The first-order chi connectivity index (χ1) is 6.02. The van der Waals surface area contributed by atoms with Gasteiger partial charge in [0.05, 0.1) is 5.60 Å². The van der Waals surface area contributed by atoms with Crippen molar-refractivity contribution in [2.75, 3.05) is 0 Å². The van der Waals surface area contributed by atoms with Crippen LogP contribution in [0.3, 0.4) is 0 Å². The number of carbonyl (C=O) groups is 1. The number of hydrogen-bond donors (Lipinski definition) is 1. The molecule has 0 bridgehead atoms. The van der Waals surface area contributed by atoms with Gasteiger partial charge in [-0.3, -0.25) is 4.79 Å². The van der Waals surface area contributed by atoms with Crippen LogP contribution in [-0.2, 0) is 4.79 Å². The summed E-state index contributed by atoms with van der Waals surface area (Å²) < 4.78 is 0. The second kappa shape index (κ2) is 4.23. The van der Waals surface area contributed by atoms with Crippen molar-refractivity contribution in [1.29, 1.82) is 0 Å². The molecule has 13 heavy (non-hydrogen) atoms. The molecule has 1 saturated carbocycles. The third kappa shape index (κ3) is 3.47. The van der Waals surface area contributed by atoms with Gasteiger partial charge in [-0.1, -0.05) is 19.8 Å². The molecular formula is C11H20O2. The fourth-order valence-electron chi connectivity index (χ4n) is 2.20. The van der Waals surface area contributed by atoms with Crippen LogP contribution in [0.25, 0.3) is 0 Å². The Bertz CT molecular complexity index is 189. The van der Waals surface area contributed by atoms with Crippen molar-refractivity contribution in [3.63, 3.8) is 0 Å². The molecule has 1 N–H and O–H groups in total. The lowest BCUT2D eigenvalue weighted by Gasteiger charge is -2.25. The van der Waals surface area contributed by atoms with Crippen LogP contribution >= 0.6 is 0 Å². The molecule has 76 valence electrons. The topological polar surface area (TPSA) is 37.3 Å². The SMILES string of the molecule is CC(=O)CC1(O)CCCC(C)CC1. The monoisotopic (exact) mass is 184 g/mol. The smallest absolute Gasteiger partial charge is 0.132 e. The minimum atomic E-state index is -0.684. The summed E-state index contributed by atoms with van der Waals surface area (Å²) in [5.41, 5.74) is -0.684. The maximum Gasteiger partial charge on any atom is 0.132 e. The molecule has 0 aromatic carbocycles. The van der Waals surface area contributed by atoms with Gasteiger partial charge in [0.1, 0.15) is 5.78 Å². The van der Waals surface area contributed by atoms with Gasteiger partial charge in [-0.25, -0.2) is 0 Å². The highest BCUT2D eigenvalue weighted by atomic mass is 16.3. The van der Waals surface area contributed by atoms with Crippen LogP contribution in [0.15, 0.2) is 0 Å². The maximum atomic E-state index is 11.0. The van der Waals surface area contributed by atoms with Gasteiger partial charge in [0.2, 0.25) is 0 Å². The van der Waals surface area contributed by atoms with Crippen LogP contribution in [0.1, 0.15) is 52.4 Å². The zero-order chi connectivity index (χ0) is 9.90. The minimum Gasteiger partial charge on any atom is -0.389 e. The van der Waals surface area contributed by atoms with Crippen LogP contribution < -0.4 is 0 Å². The van der Waals surface area contributed by atoms with E-state index in [-0.39, 0.29) is 5.78 Å². The number of rotatable bonds is 2. The first-order valence-electron chi connectivity index (χ1n) is 5.24. The summed E-state index contributed by atoms with van der Waals surface area (Å²) in [6.45, 7) is 3.78. The molecule has 0 aromatic heterocycles. The van der Waals surface area contributed by atoms with Crippen molar-refractivity contribution >= 4 is 5.78 Å². The third-order valence-corrected chi connectivity index (χ3v) is 3.02. The van der Waals surface area contributed by atoms with E-state index in [1.165, 1.54) is 6.42 Å². The molecule has 0 radical (unpaired) electrons. The quantitative estimate of drug-likeness (QED) is 0.669. The second-order valence-corrected chi connectivity index (χ2v) is 4.64. The second-order valence-electron chi connectivity index (χ2n) is 4.64. The lowest BCUT2D eigenvalue weighted by Crippen LogP contribution is -2.30. The molecule has 0 heterocycles. The van der Waals surface area contributed by atoms with E-state index in [1.54, 1.807) is 6.92 Å². The number of Topliss-reactive ketones (excluding diaryl/α,β-unsaturated/α-hetero) is 1. The summed E-state index contributed by atoms with van der Waals surface area (Å²) in [6.07, 6.45) is 5.26. The molecule has 2 heteroatoms. The predicted molar refractivity (Wildman–Crippen MR) is 52.5 cm³/mol. The summed E-state index contributed by atoms with van der Waals surface area (Å²) >= 11 is 0. The Morgan fingerprint density at radius 2 is 2.15 bits per heavy atom. The van der Waals surface area contributed by atoms with Crippen molar-refractivity contribution < 1.29 is 9.90 Å². The normalized spacial score (nSPS) is 35.5. The molecule has 1 rings (SSSR count). The molecule has 0 aromatic rings. The zero-order valence-electron chi connectivity index (χ0n) is 8.68. The van der Waals surface area contributed by atoms with Crippen LogP contribution in [0, 0.1) is 5.92 Å². The number of ketones is 1. The number of hydrogen-bond acceptors (Lipinski definition) is 2. The molecule has 1 aliphatic rings. The molecule has 0 amide bonds. The van der Waals surface area contributed by atoms with E-state index in [1.807, 2.05) is 0 Å². The van der Waals surface area contributed by atoms with Gasteiger partial charge >= 0.3 is 0 Å². The minimum absolute atomic E-state index is 0.108. The Morgan fingerprint density at radius 1 is 1.46 bits per heavy atom. The molecule has 0 saturated heterocycles. The average Bonchev–Trinajstić information content (AvgIpc) is 2.12. The number of aliphatic hydroxyl groups is 1. The maximum absolute atomic E-state index is 11.0. The first-order valence-corrected chi connectivity index (χ1v) is 5.24. The average molecular weight is 184 g/mol. The van der Waals surface area contributed by atoms with E-state index in [2.05, 4.69) is 6.92 Å². The molecular weight excluding hydrogens is 164 g/mol. The molecule has 2 nitrogen and oxygen atoms in total. The van der Waals surface area contributed by atoms with E-state index in [0.29, 0.717) is 12.3 Å². The highest BCUT2D eigenvalue weighted by molar-refractivity contribution is 5.76. The van der Waals surface area contributed by atoms with E-state index >= 15 is 0 Å². The summed E-state index contributed by atoms with van der Waals surface area (Å²) in [5, 5.41) is 10.1. The van der Waals surface area contributed by atoms with Crippen molar-refractivity contribution in [3.8, 4) is 0 Å². The van der Waals surface area contributed by atoms with Gasteiger partial charge in [0.25, 0.3) is 0 Å². The van der Waals surface area contributed by atoms with Crippen LogP contribution in [-0.4, -0.2) is 16.5 Å². The zero-order valence-corrected chi connectivity index (χ0v) is 8.68. The summed E-state index contributed by atoms with van der Waals surface area (Å²) in [4.78, 5) is 11.0. The summed E-state index contributed by atoms with van der Waals surface area (Å²) in [6, 6.07) is 0. The molecule has 2 atom stereocenters. The van der Waals surface area contributed by atoms with E-state index < -0.39 is 5.60 Å². The highest BCUT2D eigenvalue weighted by Gasteiger charge is 2.30. The fraction of sp³-hybridized carbons (Fsp3) is 0.909. The van der Waals surface area contributed by atoms with E-state index in [4.69, 9.17) is 0 Å². The predicted octanol–water partition coefficient (Wildman–Crippen LogP) is 2.30. The largest absolute Gasteiger partial charge is 0.389 e. The van der Waals surface area contributed by atoms with Crippen LogP contribution in [0.5, 0.6) is 0 Å².